The van der Waals surface area contributed by atoms with Crippen molar-refractivity contribution in [3.05, 3.63) is 33.3 Å². The number of alkyl carbamates (subject to hydrolysis) is 1. The van der Waals surface area contributed by atoms with E-state index in [-0.39, 0.29) is 18.2 Å². The first kappa shape index (κ1) is 17.6. The third-order valence-corrected chi connectivity index (χ3v) is 4.79. The zero-order valence-corrected chi connectivity index (χ0v) is 15.4. The van der Waals surface area contributed by atoms with Gasteiger partial charge in [0.05, 0.1) is 5.02 Å². The van der Waals surface area contributed by atoms with Crippen molar-refractivity contribution in [1.82, 2.24) is 10.6 Å². The molecule has 122 valence electrons. The van der Waals surface area contributed by atoms with Crippen LogP contribution in [0.2, 0.25) is 5.02 Å². The van der Waals surface area contributed by atoms with Crippen LogP contribution in [0.15, 0.2) is 22.7 Å². The zero-order chi connectivity index (χ0) is 16.3. The molecule has 0 aliphatic carbocycles. The number of amides is 1. The molecule has 2 unspecified atom stereocenters. The minimum Gasteiger partial charge on any atom is -0.444 e. The molecule has 6 heteroatoms. The number of hydrogen-bond donors (Lipinski definition) is 2. The molecule has 4 nitrogen and oxygen atoms in total. The van der Waals surface area contributed by atoms with Gasteiger partial charge in [-0.25, -0.2) is 4.79 Å². The molecule has 2 N–H and O–H groups in total. The van der Waals surface area contributed by atoms with Crippen molar-refractivity contribution in [2.75, 3.05) is 6.54 Å². The van der Waals surface area contributed by atoms with Crippen molar-refractivity contribution in [1.29, 1.82) is 0 Å². The molecule has 1 heterocycles. The minimum absolute atomic E-state index is 0.0798. The molecule has 1 aliphatic rings. The van der Waals surface area contributed by atoms with Gasteiger partial charge in [-0.1, -0.05) is 23.7 Å². The molecule has 1 aromatic rings. The second-order valence-corrected chi connectivity index (χ2v) is 7.75. The van der Waals surface area contributed by atoms with Crippen molar-refractivity contribution >= 4 is 33.6 Å². The van der Waals surface area contributed by atoms with Gasteiger partial charge >= 0.3 is 6.09 Å². The Morgan fingerprint density at radius 1 is 1.45 bits per heavy atom. The molecule has 1 fully saturated rings. The van der Waals surface area contributed by atoms with E-state index in [2.05, 4.69) is 26.6 Å². The van der Waals surface area contributed by atoms with Crippen LogP contribution in [0.4, 0.5) is 4.79 Å². The Bertz CT molecular complexity index is 545. The molecule has 0 spiro atoms. The smallest absolute Gasteiger partial charge is 0.407 e. The highest BCUT2D eigenvalue weighted by molar-refractivity contribution is 9.10. The highest BCUT2D eigenvalue weighted by Crippen LogP contribution is 2.33. The molecule has 0 saturated carbocycles. The molecule has 1 aromatic carbocycles. The van der Waals surface area contributed by atoms with Gasteiger partial charge in [0.25, 0.3) is 0 Å². The van der Waals surface area contributed by atoms with E-state index in [0.29, 0.717) is 0 Å². The van der Waals surface area contributed by atoms with E-state index in [0.717, 1.165) is 34.4 Å². The van der Waals surface area contributed by atoms with Crippen molar-refractivity contribution in [2.45, 2.75) is 51.3 Å². The van der Waals surface area contributed by atoms with Gasteiger partial charge in [0, 0.05) is 16.6 Å². The second-order valence-electron chi connectivity index (χ2n) is 6.52. The maximum absolute atomic E-state index is 11.9. The average Bonchev–Trinajstić information content (AvgIpc) is 2.40. The molecular formula is C16H22BrClN2O2. The highest BCUT2D eigenvalue weighted by Gasteiger charge is 2.27. The third-order valence-electron chi connectivity index (χ3n) is 3.48. The van der Waals surface area contributed by atoms with Crippen LogP contribution in [0.25, 0.3) is 0 Å². The van der Waals surface area contributed by atoms with Crippen molar-refractivity contribution in [2.24, 2.45) is 0 Å². The zero-order valence-electron chi connectivity index (χ0n) is 13.1. The van der Waals surface area contributed by atoms with Gasteiger partial charge in [-0.3, -0.25) is 0 Å². The van der Waals surface area contributed by atoms with Gasteiger partial charge in [-0.2, -0.15) is 0 Å². The number of halogens is 2. The van der Waals surface area contributed by atoms with Crippen LogP contribution in [0.5, 0.6) is 0 Å². The lowest BCUT2D eigenvalue weighted by Crippen LogP contribution is -2.45. The number of carbonyl (C=O) groups is 1. The number of carbonyl (C=O) groups excluding carboxylic acids is 1. The Balaban J connectivity index is 2.00. The Kier molecular flexibility index (Phi) is 5.75. The Morgan fingerprint density at radius 3 is 2.86 bits per heavy atom. The van der Waals surface area contributed by atoms with Gasteiger partial charge in [-0.15, -0.1) is 0 Å². The van der Waals surface area contributed by atoms with Crippen LogP contribution in [0, 0.1) is 0 Å². The van der Waals surface area contributed by atoms with Crippen LogP contribution in [0.3, 0.4) is 0 Å². The SMILES string of the molecule is CC(C)(C)OC(=O)NC1CCNC(c2cccc(Br)c2Cl)C1. The van der Waals surface area contributed by atoms with E-state index < -0.39 is 5.60 Å². The molecule has 1 aliphatic heterocycles. The standard InChI is InChI=1S/C16H22BrClN2O2/c1-16(2,3)22-15(21)20-10-7-8-19-13(9-10)11-5-4-6-12(17)14(11)18/h4-6,10,13,19H,7-9H2,1-3H3,(H,20,21). The van der Waals surface area contributed by atoms with E-state index in [1.165, 1.54) is 0 Å². The van der Waals surface area contributed by atoms with Gasteiger partial charge < -0.3 is 15.4 Å². The average molecular weight is 390 g/mol. The topological polar surface area (TPSA) is 50.4 Å². The molecule has 1 saturated heterocycles. The van der Waals surface area contributed by atoms with Crippen LogP contribution in [0.1, 0.15) is 45.2 Å². The quantitative estimate of drug-likeness (QED) is 0.787. The minimum atomic E-state index is -0.482. The highest BCUT2D eigenvalue weighted by atomic mass is 79.9. The predicted molar refractivity (Wildman–Crippen MR) is 92.3 cm³/mol. The first-order chi connectivity index (χ1) is 10.3. The fraction of sp³-hybridized carbons (Fsp3) is 0.562. The van der Waals surface area contributed by atoms with E-state index >= 15 is 0 Å². The summed E-state index contributed by atoms with van der Waals surface area (Å²) in [5, 5.41) is 7.13. The summed E-state index contributed by atoms with van der Waals surface area (Å²) < 4.78 is 6.21. The first-order valence-corrected chi connectivity index (χ1v) is 8.60. The fourth-order valence-electron chi connectivity index (χ4n) is 2.55. The van der Waals surface area contributed by atoms with Crippen molar-refractivity contribution in [3.8, 4) is 0 Å². The number of nitrogens with one attached hydrogen (secondary N) is 2. The van der Waals surface area contributed by atoms with Gasteiger partial charge in [0.1, 0.15) is 5.60 Å². The van der Waals surface area contributed by atoms with Crippen LogP contribution in [-0.4, -0.2) is 24.3 Å². The lowest BCUT2D eigenvalue weighted by molar-refractivity contribution is 0.0490. The van der Waals surface area contributed by atoms with E-state index in [1.807, 2.05) is 39.0 Å². The summed E-state index contributed by atoms with van der Waals surface area (Å²) in [6, 6.07) is 6.11. The number of rotatable bonds is 2. The Morgan fingerprint density at radius 2 is 2.18 bits per heavy atom. The number of ether oxygens (including phenoxy) is 1. The number of piperidine rings is 1. The predicted octanol–water partition coefficient (Wildman–Crippen LogP) is 4.42. The number of hydrogen-bond acceptors (Lipinski definition) is 3. The summed E-state index contributed by atoms with van der Waals surface area (Å²) in [5.41, 5.74) is 0.566. The van der Waals surface area contributed by atoms with Crippen LogP contribution < -0.4 is 10.6 Å². The summed E-state index contributed by atoms with van der Waals surface area (Å²) in [6.45, 7) is 6.41. The summed E-state index contributed by atoms with van der Waals surface area (Å²) in [4.78, 5) is 11.9. The van der Waals surface area contributed by atoms with Gasteiger partial charge in [0.15, 0.2) is 0 Å². The third kappa shape index (κ3) is 4.86. The van der Waals surface area contributed by atoms with Gasteiger partial charge in [0.2, 0.25) is 0 Å². The van der Waals surface area contributed by atoms with E-state index in [1.54, 1.807) is 0 Å². The molecule has 1 amide bonds. The maximum Gasteiger partial charge on any atom is 0.407 e. The Labute approximate surface area is 145 Å². The molecular weight excluding hydrogens is 368 g/mol. The monoisotopic (exact) mass is 388 g/mol. The molecule has 0 radical (unpaired) electrons. The molecule has 0 aromatic heterocycles. The normalized spacial score (nSPS) is 22.2. The number of benzene rings is 1. The molecule has 0 bridgehead atoms. The van der Waals surface area contributed by atoms with Crippen molar-refractivity contribution in [3.63, 3.8) is 0 Å². The van der Waals surface area contributed by atoms with Gasteiger partial charge in [-0.05, 0) is 67.7 Å². The summed E-state index contributed by atoms with van der Waals surface area (Å²) in [7, 11) is 0. The fourth-order valence-corrected chi connectivity index (χ4v) is 3.19. The van der Waals surface area contributed by atoms with Crippen LogP contribution in [-0.2, 0) is 4.74 Å². The maximum atomic E-state index is 11.9. The second kappa shape index (κ2) is 7.20. The summed E-state index contributed by atoms with van der Waals surface area (Å²) in [6.07, 6.45) is 1.30. The first-order valence-electron chi connectivity index (χ1n) is 7.43. The largest absolute Gasteiger partial charge is 0.444 e. The van der Waals surface area contributed by atoms with Crippen LogP contribution >= 0.6 is 27.5 Å². The lowest BCUT2D eigenvalue weighted by Gasteiger charge is -2.32. The van der Waals surface area contributed by atoms with Crippen molar-refractivity contribution < 1.29 is 9.53 Å². The van der Waals surface area contributed by atoms with E-state index in [9.17, 15) is 4.79 Å². The molecule has 2 rings (SSSR count). The molecule has 2 atom stereocenters. The Hall–Kier alpha value is -0.780. The molecule has 22 heavy (non-hydrogen) atoms. The van der Waals surface area contributed by atoms with E-state index in [4.69, 9.17) is 16.3 Å². The summed E-state index contributed by atoms with van der Waals surface area (Å²) in [5.74, 6) is 0. The lowest BCUT2D eigenvalue weighted by atomic mass is 9.94. The summed E-state index contributed by atoms with van der Waals surface area (Å²) >= 11 is 9.82.